The fourth-order valence-corrected chi connectivity index (χ4v) is 7.78. The quantitative estimate of drug-likeness (QED) is 0.326. The summed E-state index contributed by atoms with van der Waals surface area (Å²) in [5.74, 6) is -2.53. The van der Waals surface area contributed by atoms with E-state index in [9.17, 15) is 15.0 Å². The zero-order chi connectivity index (χ0) is 31.1. The zero-order valence-electron chi connectivity index (χ0n) is 26.7. The van der Waals surface area contributed by atoms with E-state index in [1.807, 2.05) is 39.8 Å². The van der Waals surface area contributed by atoms with Gasteiger partial charge in [0.25, 0.3) is 0 Å². The SMILES string of the molecule is C/C=C(\C)[C@H]1O[C@@]2(CC3C[C@@H](C/C=C(\C)C[C@@H](C)/C=C/C=C4\OC[C@@H]5[C@H](OC)C(C)=CC(C(=O)O3)[C@]45O)O2)C[C@H](O)[C@@H]1C. The van der Waals surface area contributed by atoms with Gasteiger partial charge in [0.1, 0.15) is 23.4 Å². The monoisotopic (exact) mass is 598 g/mol. The molecule has 43 heavy (non-hydrogen) atoms. The van der Waals surface area contributed by atoms with E-state index in [0.717, 1.165) is 17.6 Å². The molecule has 2 bridgehead atoms. The van der Waals surface area contributed by atoms with Gasteiger partial charge in [0, 0.05) is 32.3 Å². The number of hydrogen-bond donors (Lipinski definition) is 2. The van der Waals surface area contributed by atoms with Crippen LogP contribution in [0.4, 0.5) is 0 Å². The molecule has 0 amide bonds. The summed E-state index contributed by atoms with van der Waals surface area (Å²) in [4.78, 5) is 14.1. The number of allylic oxidation sites excluding steroid dienone is 5. The first-order chi connectivity index (χ1) is 20.4. The van der Waals surface area contributed by atoms with Crippen molar-refractivity contribution >= 4 is 5.97 Å². The molecule has 2 N–H and O–H groups in total. The van der Waals surface area contributed by atoms with Crippen LogP contribution in [0.25, 0.3) is 0 Å². The van der Waals surface area contributed by atoms with Crippen molar-refractivity contribution in [1.82, 2.24) is 0 Å². The lowest BCUT2D eigenvalue weighted by molar-refractivity contribution is -0.342. The Kier molecular flexibility index (Phi) is 9.46. The van der Waals surface area contributed by atoms with Crippen LogP contribution in [-0.4, -0.2) is 71.8 Å². The van der Waals surface area contributed by atoms with E-state index in [1.54, 1.807) is 19.3 Å². The second kappa shape index (κ2) is 12.6. The normalized spacial score (nSPS) is 47.3. The molecule has 8 nitrogen and oxygen atoms in total. The number of aliphatic hydroxyl groups excluding tert-OH is 1. The fourth-order valence-electron chi connectivity index (χ4n) is 7.78. The molecule has 0 aromatic carbocycles. The average molecular weight is 599 g/mol. The maximum Gasteiger partial charge on any atom is 0.316 e. The minimum absolute atomic E-state index is 0.100. The van der Waals surface area contributed by atoms with Crippen molar-refractivity contribution in [2.75, 3.05) is 13.7 Å². The second-order valence-corrected chi connectivity index (χ2v) is 13.5. The highest BCUT2D eigenvalue weighted by atomic mass is 16.7. The van der Waals surface area contributed by atoms with Gasteiger partial charge in [0.15, 0.2) is 5.79 Å². The molecule has 3 saturated heterocycles. The standard InChI is InChI=1S/C35H50O8/c1-8-22(4)31-24(6)29(36)18-34(43-31)17-26-16-25(42-34)13-12-21(3)14-20(2)10-9-11-30-35(38)27(33(37)41-26)15-23(5)32(39-7)28(35)19-40-30/h8-12,15,20,24-29,31-32,36,38H,13-14,16-19H2,1-7H3/b10-9+,21-12+,22-8+,30-11-/t20-,24-,25+,26?,27?,28+,29-,31+,32+,34-,35+/m0/s1. The van der Waals surface area contributed by atoms with Gasteiger partial charge in [-0.2, -0.15) is 0 Å². The van der Waals surface area contributed by atoms with Gasteiger partial charge < -0.3 is 33.9 Å². The van der Waals surface area contributed by atoms with Crippen molar-refractivity contribution in [1.29, 1.82) is 0 Å². The topological polar surface area (TPSA) is 104 Å². The average Bonchev–Trinajstić information content (AvgIpc) is 3.29. The molecule has 5 aliphatic rings. The molecular formula is C35H50O8. The van der Waals surface area contributed by atoms with E-state index < -0.39 is 41.4 Å². The number of methoxy groups -OCH3 is 1. The highest BCUT2D eigenvalue weighted by Crippen LogP contribution is 2.50. The molecule has 1 spiro atoms. The summed E-state index contributed by atoms with van der Waals surface area (Å²) >= 11 is 0. The largest absolute Gasteiger partial charge is 0.494 e. The van der Waals surface area contributed by atoms with Gasteiger partial charge >= 0.3 is 5.97 Å². The summed E-state index contributed by atoms with van der Waals surface area (Å²) in [5.41, 5.74) is 1.52. The van der Waals surface area contributed by atoms with E-state index in [4.69, 9.17) is 23.7 Å². The van der Waals surface area contributed by atoms with Crippen LogP contribution in [0, 0.1) is 23.7 Å². The second-order valence-electron chi connectivity index (χ2n) is 13.5. The molecule has 0 radical (unpaired) electrons. The first-order valence-corrected chi connectivity index (χ1v) is 15.9. The first-order valence-electron chi connectivity index (χ1n) is 15.9. The Bertz CT molecular complexity index is 1210. The third-order valence-corrected chi connectivity index (χ3v) is 10.2. The maximum atomic E-state index is 14.1. The number of rotatable bonds is 2. The van der Waals surface area contributed by atoms with Gasteiger partial charge in [-0.25, -0.2) is 0 Å². The van der Waals surface area contributed by atoms with E-state index in [2.05, 4.69) is 26.0 Å². The summed E-state index contributed by atoms with van der Waals surface area (Å²) in [5, 5.41) is 23.5. The Morgan fingerprint density at radius 2 is 1.93 bits per heavy atom. The summed E-state index contributed by atoms with van der Waals surface area (Å²) in [6, 6.07) is 0. The van der Waals surface area contributed by atoms with Crippen LogP contribution in [0.5, 0.6) is 0 Å². The molecule has 0 saturated carbocycles. The molecule has 11 atom stereocenters. The highest BCUT2D eigenvalue weighted by molar-refractivity contribution is 5.78. The molecule has 4 aliphatic heterocycles. The highest BCUT2D eigenvalue weighted by Gasteiger charge is 2.61. The van der Waals surface area contributed by atoms with Gasteiger partial charge in [-0.05, 0) is 63.7 Å². The molecule has 0 aromatic heterocycles. The summed E-state index contributed by atoms with van der Waals surface area (Å²) < 4.78 is 31.5. The number of fused-ring (bicyclic) bond motifs is 2. The van der Waals surface area contributed by atoms with Crippen molar-refractivity contribution in [2.45, 2.75) is 116 Å². The number of carbonyl (C=O) groups excluding carboxylic acids is 1. The lowest BCUT2D eigenvalue weighted by atomic mass is 9.68. The Balaban J connectivity index is 1.54. The fraction of sp³-hybridized carbons (Fsp3) is 0.686. The van der Waals surface area contributed by atoms with Crippen LogP contribution in [-0.2, 0) is 28.5 Å². The molecule has 2 unspecified atom stereocenters. The predicted molar refractivity (Wildman–Crippen MR) is 163 cm³/mol. The Labute approximate surface area is 256 Å². The summed E-state index contributed by atoms with van der Waals surface area (Å²) in [6.45, 7) is 12.4. The van der Waals surface area contributed by atoms with Gasteiger partial charge in [-0.15, -0.1) is 0 Å². The van der Waals surface area contributed by atoms with Crippen molar-refractivity contribution in [3.63, 3.8) is 0 Å². The van der Waals surface area contributed by atoms with Crippen LogP contribution in [0.1, 0.15) is 73.6 Å². The third kappa shape index (κ3) is 6.19. The smallest absolute Gasteiger partial charge is 0.316 e. The minimum atomic E-state index is -1.61. The summed E-state index contributed by atoms with van der Waals surface area (Å²) in [7, 11) is 1.61. The molecule has 0 aromatic rings. The molecule has 3 fully saturated rings. The number of carbonyl (C=O) groups is 1. The van der Waals surface area contributed by atoms with Crippen LogP contribution in [0.15, 0.2) is 58.9 Å². The maximum absolute atomic E-state index is 14.1. The number of hydrogen-bond acceptors (Lipinski definition) is 8. The van der Waals surface area contributed by atoms with Gasteiger partial charge in [-0.1, -0.05) is 49.8 Å². The molecular weight excluding hydrogens is 548 g/mol. The molecule has 8 heteroatoms. The number of aliphatic hydroxyl groups is 2. The Morgan fingerprint density at radius 1 is 1.16 bits per heavy atom. The van der Waals surface area contributed by atoms with E-state index in [-0.39, 0.29) is 36.8 Å². The number of ether oxygens (including phenoxy) is 5. The van der Waals surface area contributed by atoms with Crippen LogP contribution >= 0.6 is 0 Å². The first kappa shape index (κ1) is 32.2. The van der Waals surface area contributed by atoms with Crippen LogP contribution in [0.3, 0.4) is 0 Å². The van der Waals surface area contributed by atoms with Gasteiger partial charge in [0.05, 0.1) is 36.9 Å². The molecule has 238 valence electrons. The lowest BCUT2D eigenvalue weighted by Crippen LogP contribution is -2.59. The third-order valence-electron chi connectivity index (χ3n) is 10.2. The van der Waals surface area contributed by atoms with Crippen molar-refractivity contribution < 1.29 is 38.7 Å². The lowest BCUT2D eigenvalue weighted by Gasteiger charge is -2.51. The van der Waals surface area contributed by atoms with E-state index >= 15 is 0 Å². The Hall–Kier alpha value is -2.23. The zero-order valence-corrected chi connectivity index (χ0v) is 26.7. The summed E-state index contributed by atoms with van der Waals surface area (Å²) in [6.07, 6.45) is 12.2. The van der Waals surface area contributed by atoms with Crippen LogP contribution < -0.4 is 0 Å². The predicted octanol–water partition coefficient (Wildman–Crippen LogP) is 5.31. The Morgan fingerprint density at radius 3 is 2.65 bits per heavy atom. The van der Waals surface area contributed by atoms with E-state index in [0.29, 0.717) is 31.4 Å². The molecule has 5 rings (SSSR count). The van der Waals surface area contributed by atoms with E-state index in [1.165, 1.54) is 5.57 Å². The van der Waals surface area contributed by atoms with Crippen molar-refractivity contribution in [3.05, 3.63) is 58.9 Å². The van der Waals surface area contributed by atoms with Crippen molar-refractivity contribution in [2.24, 2.45) is 23.7 Å². The molecule has 4 heterocycles. The van der Waals surface area contributed by atoms with Crippen molar-refractivity contribution in [3.8, 4) is 0 Å². The van der Waals surface area contributed by atoms with Gasteiger partial charge in [0.2, 0.25) is 0 Å². The van der Waals surface area contributed by atoms with Gasteiger partial charge in [-0.3, -0.25) is 4.79 Å². The molecule has 1 aliphatic carbocycles. The van der Waals surface area contributed by atoms with Crippen LogP contribution in [0.2, 0.25) is 0 Å². The minimum Gasteiger partial charge on any atom is -0.494 e. The number of esters is 1.